The van der Waals surface area contributed by atoms with Crippen molar-refractivity contribution < 1.29 is 0 Å². The van der Waals surface area contributed by atoms with Gasteiger partial charge in [0.1, 0.15) is 0 Å². The molecule has 2 heteroatoms. The van der Waals surface area contributed by atoms with Crippen LogP contribution >= 0.6 is 0 Å². The average Bonchev–Trinajstić information content (AvgIpc) is 2.35. The Morgan fingerprint density at radius 2 is 2.19 bits per heavy atom. The molecule has 1 aromatic carbocycles. The third-order valence-electron chi connectivity index (χ3n) is 2.92. The fourth-order valence-corrected chi connectivity index (χ4v) is 1.98. The summed E-state index contributed by atoms with van der Waals surface area (Å²) in [6.45, 7) is 2.73. The van der Waals surface area contributed by atoms with Crippen LogP contribution in [0.1, 0.15) is 31.0 Å². The van der Waals surface area contributed by atoms with Gasteiger partial charge in [0.25, 0.3) is 0 Å². The first-order chi connectivity index (χ1) is 7.85. The summed E-state index contributed by atoms with van der Waals surface area (Å²) in [5.74, 6) is 0. The van der Waals surface area contributed by atoms with Gasteiger partial charge in [-0.3, -0.25) is 4.98 Å². The molecule has 1 heterocycles. The predicted octanol–water partition coefficient (Wildman–Crippen LogP) is 3.04. The van der Waals surface area contributed by atoms with E-state index in [0.29, 0.717) is 6.54 Å². The van der Waals surface area contributed by atoms with Crippen molar-refractivity contribution in [2.75, 3.05) is 0 Å². The highest BCUT2D eigenvalue weighted by Crippen LogP contribution is 2.20. The number of pyridine rings is 1. The lowest BCUT2D eigenvalue weighted by atomic mass is 10.0. The zero-order valence-corrected chi connectivity index (χ0v) is 9.74. The summed E-state index contributed by atoms with van der Waals surface area (Å²) in [7, 11) is 0. The second-order valence-electron chi connectivity index (χ2n) is 4.12. The monoisotopic (exact) mass is 214 g/mol. The maximum Gasteiger partial charge on any atom is 0.0545 e. The first kappa shape index (κ1) is 11.1. The van der Waals surface area contributed by atoms with Gasteiger partial charge in [-0.15, -0.1) is 0 Å². The van der Waals surface area contributed by atoms with Gasteiger partial charge in [0.15, 0.2) is 0 Å². The number of nitrogens with two attached hydrogens (primary N) is 1. The zero-order chi connectivity index (χ0) is 11.4. The minimum atomic E-state index is 0.509. The molecule has 2 rings (SSSR count). The van der Waals surface area contributed by atoms with Crippen LogP contribution in [0.5, 0.6) is 0 Å². The van der Waals surface area contributed by atoms with Crippen molar-refractivity contribution in [3.05, 3.63) is 41.7 Å². The van der Waals surface area contributed by atoms with Gasteiger partial charge in [0, 0.05) is 18.1 Å². The smallest absolute Gasteiger partial charge is 0.0545 e. The maximum absolute atomic E-state index is 5.60. The van der Waals surface area contributed by atoms with Gasteiger partial charge in [-0.2, -0.15) is 0 Å². The van der Waals surface area contributed by atoms with Crippen LogP contribution in [-0.4, -0.2) is 4.98 Å². The molecule has 0 spiro atoms. The zero-order valence-electron chi connectivity index (χ0n) is 9.74. The number of unbranched alkanes of at least 4 members (excludes halogenated alkanes) is 1. The van der Waals surface area contributed by atoms with Crippen LogP contribution in [0.2, 0.25) is 0 Å². The first-order valence-electron chi connectivity index (χ1n) is 5.91. The molecular weight excluding hydrogens is 196 g/mol. The molecule has 0 saturated heterocycles. The van der Waals surface area contributed by atoms with Crippen molar-refractivity contribution in [3.8, 4) is 0 Å². The minimum absolute atomic E-state index is 0.509. The van der Waals surface area contributed by atoms with Crippen LogP contribution in [0.4, 0.5) is 0 Å². The van der Waals surface area contributed by atoms with E-state index in [1.165, 1.54) is 29.2 Å². The number of rotatable bonds is 4. The van der Waals surface area contributed by atoms with E-state index in [1.807, 2.05) is 6.20 Å². The lowest BCUT2D eigenvalue weighted by Gasteiger charge is -2.06. The van der Waals surface area contributed by atoms with Gasteiger partial charge in [-0.25, -0.2) is 0 Å². The number of nitrogens with zero attached hydrogens (tertiary/aromatic N) is 1. The Balaban J connectivity index is 2.43. The fourth-order valence-electron chi connectivity index (χ4n) is 1.98. The Morgan fingerprint density at radius 3 is 2.94 bits per heavy atom. The van der Waals surface area contributed by atoms with Crippen LogP contribution < -0.4 is 5.73 Å². The van der Waals surface area contributed by atoms with Gasteiger partial charge >= 0.3 is 0 Å². The predicted molar refractivity (Wildman–Crippen MR) is 68.2 cm³/mol. The van der Waals surface area contributed by atoms with Crippen molar-refractivity contribution in [3.63, 3.8) is 0 Å². The molecule has 0 aliphatic carbocycles. The highest BCUT2D eigenvalue weighted by molar-refractivity contribution is 5.85. The highest BCUT2D eigenvalue weighted by Gasteiger charge is 2.01. The Labute approximate surface area is 96.5 Å². The topological polar surface area (TPSA) is 38.9 Å². The molecule has 2 N–H and O–H groups in total. The second kappa shape index (κ2) is 5.08. The molecule has 2 aromatic rings. The Hall–Kier alpha value is -1.41. The van der Waals surface area contributed by atoms with Gasteiger partial charge in [-0.1, -0.05) is 31.5 Å². The molecule has 84 valence electrons. The maximum atomic E-state index is 5.60. The van der Waals surface area contributed by atoms with Crippen LogP contribution in [0, 0.1) is 0 Å². The van der Waals surface area contributed by atoms with Crippen molar-refractivity contribution in [2.45, 2.75) is 32.7 Å². The number of benzene rings is 1. The van der Waals surface area contributed by atoms with Crippen molar-refractivity contribution in [2.24, 2.45) is 5.73 Å². The number of hydrogen-bond donors (Lipinski definition) is 1. The molecule has 1 aromatic heterocycles. The van der Waals surface area contributed by atoms with Crippen LogP contribution in [-0.2, 0) is 13.0 Å². The van der Waals surface area contributed by atoms with Crippen LogP contribution in [0.3, 0.4) is 0 Å². The Bertz CT molecular complexity index is 477. The van der Waals surface area contributed by atoms with Crippen LogP contribution in [0.25, 0.3) is 10.8 Å². The molecule has 2 nitrogen and oxygen atoms in total. The van der Waals surface area contributed by atoms with Crippen LogP contribution in [0.15, 0.2) is 30.5 Å². The molecule has 0 fully saturated rings. The Morgan fingerprint density at radius 1 is 1.31 bits per heavy atom. The van der Waals surface area contributed by atoms with E-state index in [4.69, 9.17) is 5.73 Å². The highest BCUT2D eigenvalue weighted by atomic mass is 14.7. The fraction of sp³-hybridized carbons (Fsp3) is 0.357. The average molecular weight is 214 g/mol. The van der Waals surface area contributed by atoms with Crippen molar-refractivity contribution in [1.29, 1.82) is 0 Å². The quantitative estimate of drug-likeness (QED) is 0.849. The second-order valence-corrected chi connectivity index (χ2v) is 4.12. The van der Waals surface area contributed by atoms with E-state index in [1.54, 1.807) is 0 Å². The number of aromatic nitrogens is 1. The summed E-state index contributed by atoms with van der Waals surface area (Å²) >= 11 is 0. The molecule has 0 unspecified atom stereocenters. The normalized spacial score (nSPS) is 10.9. The van der Waals surface area contributed by atoms with Gasteiger partial charge in [0.05, 0.1) is 5.69 Å². The molecule has 0 radical (unpaired) electrons. The van der Waals surface area contributed by atoms with E-state index in [2.05, 4.69) is 36.2 Å². The summed E-state index contributed by atoms with van der Waals surface area (Å²) in [5.41, 5.74) is 7.95. The third-order valence-corrected chi connectivity index (χ3v) is 2.92. The summed E-state index contributed by atoms with van der Waals surface area (Å²) in [5, 5.41) is 2.53. The van der Waals surface area contributed by atoms with Crippen molar-refractivity contribution in [1.82, 2.24) is 4.98 Å². The summed E-state index contributed by atoms with van der Waals surface area (Å²) in [6.07, 6.45) is 5.56. The SMILES string of the molecule is CCCCc1cccc2cc(CN)ncc12. The number of aryl methyl sites for hydroxylation is 1. The first-order valence-corrected chi connectivity index (χ1v) is 5.91. The number of hydrogen-bond acceptors (Lipinski definition) is 2. The van der Waals surface area contributed by atoms with Gasteiger partial charge in [0.2, 0.25) is 0 Å². The molecule has 0 bridgehead atoms. The number of fused-ring (bicyclic) bond motifs is 1. The molecular formula is C14H18N2. The van der Waals surface area contributed by atoms with E-state index < -0.39 is 0 Å². The molecule has 0 saturated carbocycles. The van der Waals surface area contributed by atoms with Gasteiger partial charge in [-0.05, 0) is 29.9 Å². The largest absolute Gasteiger partial charge is 0.325 e. The van der Waals surface area contributed by atoms with Gasteiger partial charge < -0.3 is 5.73 Å². The third kappa shape index (κ3) is 2.22. The summed E-state index contributed by atoms with van der Waals surface area (Å²) < 4.78 is 0. The minimum Gasteiger partial charge on any atom is -0.325 e. The molecule has 0 aliphatic heterocycles. The summed E-state index contributed by atoms with van der Waals surface area (Å²) in [6, 6.07) is 8.53. The van der Waals surface area contributed by atoms with Crippen molar-refractivity contribution >= 4 is 10.8 Å². The molecule has 16 heavy (non-hydrogen) atoms. The van der Waals surface area contributed by atoms with E-state index in [9.17, 15) is 0 Å². The summed E-state index contributed by atoms with van der Waals surface area (Å²) in [4.78, 5) is 4.37. The van der Waals surface area contributed by atoms with E-state index in [-0.39, 0.29) is 0 Å². The Kier molecular flexibility index (Phi) is 3.52. The molecule has 0 amide bonds. The molecule has 0 atom stereocenters. The lowest BCUT2D eigenvalue weighted by Crippen LogP contribution is -1.99. The van der Waals surface area contributed by atoms with E-state index in [0.717, 1.165) is 12.1 Å². The van der Waals surface area contributed by atoms with E-state index >= 15 is 0 Å². The standard InChI is InChI=1S/C14H18N2/c1-2-3-5-11-6-4-7-12-8-13(9-15)16-10-14(11)12/h4,6-8,10H,2-3,5,9,15H2,1H3. The lowest BCUT2D eigenvalue weighted by molar-refractivity contribution is 0.798. The molecule has 0 aliphatic rings.